The molecule has 2 aromatic carbocycles. The number of sulfonamides is 1. The van der Waals surface area contributed by atoms with E-state index in [1.165, 1.54) is 35.6 Å². The van der Waals surface area contributed by atoms with E-state index in [0.717, 1.165) is 11.1 Å². The summed E-state index contributed by atoms with van der Waals surface area (Å²) in [4.78, 5) is 10.6. The fourth-order valence-corrected chi connectivity index (χ4v) is 3.47. The Morgan fingerprint density at radius 2 is 1.75 bits per heavy atom. The number of aryl methyl sites for hydroxylation is 1. The highest BCUT2D eigenvalue weighted by molar-refractivity contribution is 7.92. The third-order valence-corrected chi connectivity index (χ3v) is 5.55. The monoisotopic (exact) mass is 349 g/mol. The van der Waals surface area contributed by atoms with Gasteiger partial charge in [-0.2, -0.15) is 0 Å². The van der Waals surface area contributed by atoms with Crippen molar-refractivity contribution in [1.29, 1.82) is 0 Å². The van der Waals surface area contributed by atoms with Crippen molar-refractivity contribution in [2.75, 3.05) is 18.0 Å². The van der Waals surface area contributed by atoms with Gasteiger partial charge in [0.25, 0.3) is 10.0 Å². The van der Waals surface area contributed by atoms with Crippen LogP contribution < -0.4 is 9.04 Å². The molecule has 0 amide bonds. The highest BCUT2D eigenvalue weighted by Gasteiger charge is 2.22. The molecule has 0 aliphatic heterocycles. The summed E-state index contributed by atoms with van der Waals surface area (Å²) >= 11 is 0. The van der Waals surface area contributed by atoms with E-state index < -0.39 is 22.6 Å². The maximum Gasteiger partial charge on any atom is 0.341 e. The van der Waals surface area contributed by atoms with Crippen LogP contribution in [0.25, 0.3) is 0 Å². The van der Waals surface area contributed by atoms with Gasteiger partial charge in [0, 0.05) is 7.05 Å². The minimum absolute atomic E-state index is 0.105. The zero-order valence-electron chi connectivity index (χ0n) is 13.7. The number of ether oxygens (including phenoxy) is 1. The lowest BCUT2D eigenvalue weighted by Gasteiger charge is -2.22. The SMILES string of the molecule is Cc1cccc(N(C)S(=O)(=O)c2ccc(OCC(=O)O)cc2)c1C. The molecule has 1 N–H and O–H groups in total. The molecule has 0 aliphatic carbocycles. The normalized spacial score (nSPS) is 11.1. The van der Waals surface area contributed by atoms with Gasteiger partial charge in [-0.15, -0.1) is 0 Å². The summed E-state index contributed by atoms with van der Waals surface area (Å²) in [5, 5.41) is 8.58. The highest BCUT2D eigenvalue weighted by Crippen LogP contribution is 2.27. The molecular formula is C17H19NO5S. The van der Waals surface area contributed by atoms with Crippen LogP contribution in [-0.4, -0.2) is 33.1 Å². The molecule has 7 heteroatoms. The maximum atomic E-state index is 12.8. The molecule has 0 radical (unpaired) electrons. The quantitative estimate of drug-likeness (QED) is 0.866. The van der Waals surface area contributed by atoms with E-state index in [-0.39, 0.29) is 4.90 Å². The van der Waals surface area contributed by atoms with Crippen LogP contribution in [0, 0.1) is 13.8 Å². The number of nitrogens with zero attached hydrogens (tertiary/aromatic N) is 1. The van der Waals surface area contributed by atoms with E-state index in [2.05, 4.69) is 0 Å². The van der Waals surface area contributed by atoms with E-state index in [4.69, 9.17) is 9.84 Å². The molecule has 0 saturated heterocycles. The summed E-state index contributed by atoms with van der Waals surface area (Å²) in [5.74, 6) is -0.799. The second-order valence-corrected chi connectivity index (χ2v) is 7.31. The molecule has 0 heterocycles. The van der Waals surface area contributed by atoms with Gasteiger partial charge in [-0.25, -0.2) is 13.2 Å². The number of anilines is 1. The summed E-state index contributed by atoms with van der Waals surface area (Å²) in [6, 6.07) is 11.2. The molecule has 0 aliphatic rings. The molecule has 128 valence electrons. The standard InChI is InChI=1S/C17H19NO5S/c1-12-5-4-6-16(13(12)2)18(3)24(21,22)15-9-7-14(8-10-15)23-11-17(19)20/h4-10H,11H2,1-3H3,(H,19,20). The molecule has 0 bridgehead atoms. The third-order valence-electron chi connectivity index (χ3n) is 3.76. The minimum Gasteiger partial charge on any atom is -0.482 e. The van der Waals surface area contributed by atoms with Crippen molar-refractivity contribution >= 4 is 21.7 Å². The van der Waals surface area contributed by atoms with Gasteiger partial charge in [0.15, 0.2) is 6.61 Å². The second kappa shape index (κ2) is 6.92. The number of aliphatic carboxylic acids is 1. The van der Waals surface area contributed by atoms with Gasteiger partial charge in [-0.3, -0.25) is 4.31 Å². The van der Waals surface area contributed by atoms with Gasteiger partial charge < -0.3 is 9.84 Å². The van der Waals surface area contributed by atoms with Gasteiger partial charge in [0.2, 0.25) is 0 Å². The lowest BCUT2D eigenvalue weighted by atomic mass is 10.1. The Balaban J connectivity index is 2.29. The Bertz CT molecular complexity index is 844. The second-order valence-electron chi connectivity index (χ2n) is 5.35. The van der Waals surface area contributed by atoms with Crippen molar-refractivity contribution in [3.63, 3.8) is 0 Å². The summed E-state index contributed by atoms with van der Waals surface area (Å²) in [6.07, 6.45) is 0. The lowest BCUT2D eigenvalue weighted by Crippen LogP contribution is -2.27. The molecule has 0 aromatic heterocycles. The first-order valence-corrected chi connectivity index (χ1v) is 8.67. The third kappa shape index (κ3) is 3.68. The predicted octanol–water partition coefficient (Wildman–Crippen LogP) is 2.59. The van der Waals surface area contributed by atoms with E-state index in [0.29, 0.717) is 11.4 Å². The van der Waals surface area contributed by atoms with Crippen molar-refractivity contribution in [3.8, 4) is 5.75 Å². The Hall–Kier alpha value is -2.54. The van der Waals surface area contributed by atoms with Gasteiger partial charge in [0.05, 0.1) is 10.6 Å². The first-order chi connectivity index (χ1) is 11.2. The van der Waals surface area contributed by atoms with Crippen LogP contribution in [-0.2, 0) is 14.8 Å². The van der Waals surface area contributed by atoms with E-state index in [9.17, 15) is 13.2 Å². The maximum absolute atomic E-state index is 12.8. The van der Waals surface area contributed by atoms with Crippen molar-refractivity contribution in [3.05, 3.63) is 53.6 Å². The Morgan fingerprint density at radius 3 is 2.33 bits per heavy atom. The zero-order chi connectivity index (χ0) is 17.9. The van der Waals surface area contributed by atoms with Gasteiger partial charge in [0.1, 0.15) is 5.75 Å². The van der Waals surface area contributed by atoms with Crippen LogP contribution >= 0.6 is 0 Å². The van der Waals surface area contributed by atoms with Crippen LogP contribution in [0.2, 0.25) is 0 Å². The van der Waals surface area contributed by atoms with E-state index in [1.807, 2.05) is 26.0 Å². The van der Waals surface area contributed by atoms with Crippen molar-refractivity contribution in [2.24, 2.45) is 0 Å². The van der Waals surface area contributed by atoms with Crippen LogP contribution in [0.1, 0.15) is 11.1 Å². The highest BCUT2D eigenvalue weighted by atomic mass is 32.2. The largest absolute Gasteiger partial charge is 0.482 e. The van der Waals surface area contributed by atoms with Crippen LogP contribution in [0.3, 0.4) is 0 Å². The first kappa shape index (κ1) is 17.8. The smallest absolute Gasteiger partial charge is 0.341 e. The predicted molar refractivity (Wildman–Crippen MR) is 91.1 cm³/mol. The fraction of sp³-hybridized carbons (Fsp3) is 0.235. The van der Waals surface area contributed by atoms with Crippen molar-refractivity contribution in [2.45, 2.75) is 18.7 Å². The number of benzene rings is 2. The average molecular weight is 349 g/mol. The molecule has 0 fully saturated rings. The number of rotatable bonds is 6. The van der Waals surface area contributed by atoms with Crippen LogP contribution in [0.15, 0.2) is 47.4 Å². The van der Waals surface area contributed by atoms with Gasteiger partial charge in [-0.1, -0.05) is 12.1 Å². The lowest BCUT2D eigenvalue weighted by molar-refractivity contribution is -0.139. The minimum atomic E-state index is -3.72. The molecular weight excluding hydrogens is 330 g/mol. The first-order valence-electron chi connectivity index (χ1n) is 7.23. The molecule has 0 unspecified atom stereocenters. The number of carboxylic acids is 1. The summed E-state index contributed by atoms with van der Waals surface area (Å²) in [6.45, 7) is 3.32. The molecule has 0 atom stereocenters. The number of hydrogen-bond acceptors (Lipinski definition) is 4. The number of carbonyl (C=O) groups is 1. The Labute approximate surface area is 141 Å². The van der Waals surface area contributed by atoms with Gasteiger partial charge in [-0.05, 0) is 55.3 Å². The fourth-order valence-electron chi connectivity index (χ4n) is 2.22. The molecule has 0 saturated carbocycles. The van der Waals surface area contributed by atoms with E-state index >= 15 is 0 Å². The van der Waals surface area contributed by atoms with Crippen LogP contribution in [0.4, 0.5) is 5.69 Å². The Kier molecular flexibility index (Phi) is 5.14. The molecule has 2 rings (SSSR count). The summed E-state index contributed by atoms with van der Waals surface area (Å²) < 4.78 is 31.8. The molecule has 2 aromatic rings. The molecule has 0 spiro atoms. The van der Waals surface area contributed by atoms with Crippen molar-refractivity contribution in [1.82, 2.24) is 0 Å². The summed E-state index contributed by atoms with van der Waals surface area (Å²) in [5.41, 5.74) is 2.51. The van der Waals surface area contributed by atoms with E-state index in [1.54, 1.807) is 6.07 Å². The summed E-state index contributed by atoms with van der Waals surface area (Å²) in [7, 11) is -2.21. The Morgan fingerprint density at radius 1 is 1.12 bits per heavy atom. The molecule has 6 nitrogen and oxygen atoms in total. The zero-order valence-corrected chi connectivity index (χ0v) is 14.5. The molecule has 24 heavy (non-hydrogen) atoms. The number of carboxylic acid groups (broad SMARTS) is 1. The topological polar surface area (TPSA) is 83.9 Å². The van der Waals surface area contributed by atoms with Crippen LogP contribution in [0.5, 0.6) is 5.75 Å². The van der Waals surface area contributed by atoms with Crippen molar-refractivity contribution < 1.29 is 23.1 Å². The van der Waals surface area contributed by atoms with Gasteiger partial charge >= 0.3 is 5.97 Å². The average Bonchev–Trinajstić information content (AvgIpc) is 2.55. The number of hydrogen-bond donors (Lipinski definition) is 1.